The number of aryl methyl sites for hydroxylation is 1. The summed E-state index contributed by atoms with van der Waals surface area (Å²) in [5.74, 6) is 2.48. The van der Waals surface area contributed by atoms with Crippen LogP contribution in [-0.4, -0.2) is 102 Å². The highest BCUT2D eigenvalue weighted by Crippen LogP contribution is 2.28. The van der Waals surface area contributed by atoms with Crippen molar-refractivity contribution in [3.05, 3.63) is 147 Å². The molecule has 2 aromatic carbocycles. The van der Waals surface area contributed by atoms with Gasteiger partial charge in [0.2, 0.25) is 23.6 Å². The number of anilines is 2. The highest BCUT2D eigenvalue weighted by molar-refractivity contribution is 5.57. The van der Waals surface area contributed by atoms with Crippen molar-refractivity contribution in [2.24, 2.45) is 14.1 Å². The average Bonchev–Trinajstić information content (AvgIpc) is 3.46. The van der Waals surface area contributed by atoms with E-state index >= 15 is 0 Å². The van der Waals surface area contributed by atoms with Gasteiger partial charge in [0.1, 0.15) is 12.7 Å². The van der Waals surface area contributed by atoms with Crippen LogP contribution in [0.1, 0.15) is 36.3 Å². The summed E-state index contributed by atoms with van der Waals surface area (Å²) in [6.45, 7) is 13.7. The molecule has 322 valence electrons. The average molecular weight is 850 g/mol. The molecule has 2 aliphatic heterocycles. The number of rotatable bonds is 7. The second-order valence-electron chi connectivity index (χ2n) is 14.8. The lowest BCUT2D eigenvalue weighted by Crippen LogP contribution is -2.35. The molecule has 0 aliphatic carbocycles. The molecule has 0 spiro atoms. The zero-order valence-corrected chi connectivity index (χ0v) is 34.4. The van der Waals surface area contributed by atoms with Crippen molar-refractivity contribution >= 4 is 17.6 Å². The van der Waals surface area contributed by atoms with Crippen molar-refractivity contribution < 1.29 is 14.0 Å². The Morgan fingerprint density at radius 2 is 1.16 bits per heavy atom. The molecule has 18 heteroatoms. The van der Waals surface area contributed by atoms with E-state index in [1.807, 2.05) is 36.4 Å². The van der Waals surface area contributed by atoms with E-state index in [1.54, 1.807) is 54.7 Å². The summed E-state index contributed by atoms with van der Waals surface area (Å²) < 4.78 is 19.9. The van der Waals surface area contributed by atoms with Crippen molar-refractivity contribution in [1.29, 1.82) is 0 Å². The smallest absolute Gasteiger partial charge is 0.255 e. The number of hydrogen-bond donors (Lipinski definition) is 0. The Kier molecular flexibility index (Phi) is 13.8. The van der Waals surface area contributed by atoms with Crippen LogP contribution in [-0.2, 0) is 23.6 Å². The summed E-state index contributed by atoms with van der Waals surface area (Å²) in [6.07, 6.45) is 6.15. The molecule has 63 heavy (non-hydrogen) atoms. The predicted molar refractivity (Wildman–Crippen MR) is 236 cm³/mol. The monoisotopic (exact) mass is 849 g/mol. The van der Waals surface area contributed by atoms with Gasteiger partial charge >= 0.3 is 0 Å². The Bertz CT molecular complexity index is 2770. The number of nitrogens with zero attached hydrogens (tertiary/aromatic N) is 13. The molecule has 2 aliphatic rings. The zero-order chi connectivity index (χ0) is 43.0. The van der Waals surface area contributed by atoms with Crippen molar-refractivity contribution in [2.75, 3.05) is 62.4 Å². The summed E-state index contributed by atoms with van der Waals surface area (Å²) in [5, 5.41) is 3.98. The maximum atomic E-state index is 12.7. The lowest BCUT2D eigenvalue weighted by Gasteiger charge is -2.26. The van der Waals surface area contributed by atoms with E-state index in [9.17, 15) is 9.59 Å². The highest BCUT2D eigenvalue weighted by atomic mass is 16.5. The van der Waals surface area contributed by atoms with Crippen LogP contribution >= 0.6 is 0 Å². The largest absolute Gasteiger partial charge is 0.379 e. The first-order valence-corrected chi connectivity index (χ1v) is 20.0. The SMILES string of the molecule is C.Cc1nc(-c2ccc([C@@H]3COCCN(c4nc(-c5ccncn5)cc(=O)n4C)C3)cc2)no1.[C-]#[N+]c1ccc([C@@H]2COCCN(c3nc(-c4ccncn4)cc(=O)n3C)C2)cc1. The fourth-order valence-electron chi connectivity index (χ4n) is 7.30. The molecule has 2 saturated heterocycles. The molecular formula is C45H47N13O5. The molecule has 2 fully saturated rings. The molecule has 18 nitrogen and oxygen atoms in total. The summed E-state index contributed by atoms with van der Waals surface area (Å²) in [6, 6.07) is 22.1. The minimum absolute atomic E-state index is 0. The normalized spacial score (nSPS) is 16.4. The van der Waals surface area contributed by atoms with Gasteiger partial charge < -0.3 is 23.8 Å². The molecule has 0 N–H and O–H groups in total. The molecule has 0 bridgehead atoms. The summed E-state index contributed by atoms with van der Waals surface area (Å²) in [5.41, 5.74) is 5.71. The molecule has 7 heterocycles. The van der Waals surface area contributed by atoms with Gasteiger partial charge in [-0.2, -0.15) is 4.98 Å². The van der Waals surface area contributed by atoms with E-state index in [2.05, 4.69) is 56.9 Å². The van der Waals surface area contributed by atoms with Crippen LogP contribution in [0.2, 0.25) is 0 Å². The fraction of sp³-hybridized carbons (Fsp3) is 0.311. The van der Waals surface area contributed by atoms with Crippen LogP contribution < -0.4 is 20.9 Å². The van der Waals surface area contributed by atoms with Gasteiger partial charge in [-0.25, -0.2) is 34.7 Å². The van der Waals surface area contributed by atoms with Gasteiger partial charge in [-0.1, -0.05) is 61.1 Å². The lowest BCUT2D eigenvalue weighted by molar-refractivity contribution is 0.141. The standard InChI is InChI=1S/C23H23N7O3.C21H20N6O2.CH4/c1-15-26-22(28-33-15)17-5-3-16(4-6-17)18-12-30(9-10-32-13-18)23-27-20(11-21(31)29(23)2)19-7-8-24-14-25-19;1-22-17-5-3-15(4-6-17)16-12-27(9-10-29-13-16)21-25-19(11-20(28)26(21)2)18-7-8-23-14-24-18;/h3-8,11,14,18H,9-10,12-13H2,1-2H3;3-8,11,14,16H,9-10,12-13H2,2H3;1H4/t18-;16-;/m00./s1. The third-order valence-electron chi connectivity index (χ3n) is 10.7. The summed E-state index contributed by atoms with van der Waals surface area (Å²) in [7, 11) is 3.45. The van der Waals surface area contributed by atoms with E-state index in [0.29, 0.717) is 105 Å². The maximum absolute atomic E-state index is 12.7. The lowest BCUT2D eigenvalue weighted by atomic mass is 9.98. The van der Waals surface area contributed by atoms with Gasteiger partial charge in [-0.3, -0.25) is 18.7 Å². The van der Waals surface area contributed by atoms with Crippen LogP contribution in [0.5, 0.6) is 0 Å². The summed E-state index contributed by atoms with van der Waals surface area (Å²) >= 11 is 0. The molecule has 7 aromatic rings. The van der Waals surface area contributed by atoms with Gasteiger partial charge in [-0.15, -0.1) is 0 Å². The highest BCUT2D eigenvalue weighted by Gasteiger charge is 2.26. The second kappa shape index (κ2) is 19.9. The van der Waals surface area contributed by atoms with Crippen LogP contribution in [0.3, 0.4) is 0 Å². The van der Waals surface area contributed by atoms with Gasteiger partial charge in [0, 0.05) is 89.1 Å². The number of ether oxygens (including phenoxy) is 2. The Labute approximate surface area is 363 Å². The minimum atomic E-state index is -0.147. The van der Waals surface area contributed by atoms with Gasteiger partial charge in [0.05, 0.1) is 55.8 Å². The Hall–Kier alpha value is -7.49. The third kappa shape index (κ3) is 10.2. The van der Waals surface area contributed by atoms with Gasteiger partial charge in [0.15, 0.2) is 5.69 Å². The molecule has 9 rings (SSSR count). The molecule has 0 unspecified atom stereocenters. The zero-order valence-electron chi connectivity index (χ0n) is 34.4. The van der Waals surface area contributed by atoms with Crippen molar-refractivity contribution in [1.82, 2.24) is 49.2 Å². The predicted octanol–water partition coefficient (Wildman–Crippen LogP) is 5.26. The number of hydrogen-bond acceptors (Lipinski definition) is 15. The first kappa shape index (κ1) is 43.6. The Morgan fingerprint density at radius 3 is 1.59 bits per heavy atom. The fourth-order valence-corrected chi connectivity index (χ4v) is 7.30. The first-order valence-electron chi connectivity index (χ1n) is 20.0. The second-order valence-corrected chi connectivity index (χ2v) is 14.8. The van der Waals surface area contributed by atoms with Crippen molar-refractivity contribution in [3.8, 4) is 34.2 Å². The van der Waals surface area contributed by atoms with Crippen molar-refractivity contribution in [3.63, 3.8) is 0 Å². The molecule has 5 aromatic heterocycles. The summed E-state index contributed by atoms with van der Waals surface area (Å²) in [4.78, 5) is 63.0. The van der Waals surface area contributed by atoms with Gasteiger partial charge in [0.25, 0.3) is 11.1 Å². The van der Waals surface area contributed by atoms with E-state index in [0.717, 1.165) is 16.7 Å². The molecule has 2 atom stereocenters. The van der Waals surface area contributed by atoms with Crippen molar-refractivity contribution in [2.45, 2.75) is 26.2 Å². The molecular weight excluding hydrogens is 803 g/mol. The topological polar surface area (TPSA) is 190 Å². The number of benzene rings is 2. The molecule has 0 radical (unpaired) electrons. The quantitative estimate of drug-likeness (QED) is 0.189. The van der Waals surface area contributed by atoms with E-state index in [1.165, 1.54) is 24.8 Å². The maximum Gasteiger partial charge on any atom is 0.255 e. The Morgan fingerprint density at radius 1 is 0.667 bits per heavy atom. The van der Waals surface area contributed by atoms with Crippen LogP contribution in [0.4, 0.5) is 17.6 Å². The first-order chi connectivity index (χ1) is 30.2. The van der Waals surface area contributed by atoms with Crippen LogP contribution in [0.25, 0.3) is 39.0 Å². The van der Waals surface area contributed by atoms with Crippen LogP contribution in [0, 0.1) is 13.5 Å². The van der Waals surface area contributed by atoms with Gasteiger partial charge in [-0.05, 0) is 23.3 Å². The Balaban J connectivity index is 0.000000188. The third-order valence-corrected chi connectivity index (χ3v) is 10.7. The van der Waals surface area contributed by atoms with E-state index in [4.69, 9.17) is 30.5 Å². The van der Waals surface area contributed by atoms with E-state index < -0.39 is 0 Å². The molecule has 0 amide bonds. The molecule has 0 saturated carbocycles. The minimum Gasteiger partial charge on any atom is -0.379 e. The van der Waals surface area contributed by atoms with Crippen LogP contribution in [0.15, 0.2) is 112 Å². The van der Waals surface area contributed by atoms with E-state index in [-0.39, 0.29) is 30.4 Å². The number of aromatic nitrogens is 10.